The lowest BCUT2D eigenvalue weighted by molar-refractivity contribution is -0.316. The van der Waals surface area contributed by atoms with E-state index in [-0.39, 0.29) is 30.1 Å². The van der Waals surface area contributed by atoms with Crippen molar-refractivity contribution in [1.29, 1.82) is 0 Å². The molecule has 4 rings (SSSR count). The van der Waals surface area contributed by atoms with Crippen LogP contribution in [0.3, 0.4) is 0 Å². The number of ether oxygens (including phenoxy) is 5. The van der Waals surface area contributed by atoms with Crippen molar-refractivity contribution >= 4 is 38.8 Å². The number of benzene rings is 2. The van der Waals surface area contributed by atoms with Crippen LogP contribution in [0.1, 0.15) is 39.7 Å². The largest absolute Gasteiger partial charge is 0.463 e. The summed E-state index contributed by atoms with van der Waals surface area (Å²) in [6.07, 6.45) is -2.05. The van der Waals surface area contributed by atoms with E-state index < -0.39 is 52.0 Å². The van der Waals surface area contributed by atoms with Gasteiger partial charge in [-0.2, -0.15) is 0 Å². The number of aromatic nitrogens is 1. The Morgan fingerprint density at radius 2 is 1.65 bits per heavy atom. The molecular formula is C28H31NO10S. The second kappa shape index (κ2) is 11.8. The van der Waals surface area contributed by atoms with Crippen molar-refractivity contribution in [2.75, 3.05) is 13.2 Å². The van der Waals surface area contributed by atoms with Crippen LogP contribution in [0, 0.1) is 0 Å². The number of hydrogen-bond donors (Lipinski definition) is 0. The molecule has 40 heavy (non-hydrogen) atoms. The molecule has 1 fully saturated rings. The molecule has 0 saturated carbocycles. The van der Waals surface area contributed by atoms with Gasteiger partial charge in [0.2, 0.25) is 6.29 Å². The van der Waals surface area contributed by atoms with E-state index in [9.17, 15) is 22.8 Å². The zero-order chi connectivity index (χ0) is 29.1. The topological polar surface area (TPSA) is 136 Å². The standard InChI is InChI=1S/C28H31NO10S/c1-5-35-27-28(39-20(4)32,15-25(37-19(3)31)26(38-27)17-36-18(2)30)23-16-29(24-14-10-9-13-22(23)24)40(33,34)21-11-7-6-8-12-21/h6-14,16,25-27H,5,15,17H2,1-4H3/t25-,26+,27+,28-/m0/s1. The minimum absolute atomic E-state index is 0.0596. The number of nitrogens with zero attached hydrogens (tertiary/aromatic N) is 1. The average Bonchev–Trinajstić information content (AvgIpc) is 3.30. The van der Waals surface area contributed by atoms with Crippen LogP contribution in [-0.2, 0) is 53.7 Å². The maximum Gasteiger partial charge on any atom is 0.303 e. The minimum atomic E-state index is -4.08. The number of esters is 3. The van der Waals surface area contributed by atoms with Gasteiger partial charge in [-0.15, -0.1) is 0 Å². The Kier molecular flexibility index (Phi) is 8.62. The first kappa shape index (κ1) is 29.2. The van der Waals surface area contributed by atoms with Gasteiger partial charge in [-0.1, -0.05) is 36.4 Å². The Balaban J connectivity index is 1.95. The Labute approximate surface area is 232 Å². The van der Waals surface area contributed by atoms with Gasteiger partial charge in [0, 0.05) is 50.9 Å². The number of para-hydroxylation sites is 1. The predicted octanol–water partition coefficient (Wildman–Crippen LogP) is 3.28. The van der Waals surface area contributed by atoms with Gasteiger partial charge >= 0.3 is 17.9 Å². The van der Waals surface area contributed by atoms with Crippen LogP contribution in [-0.4, -0.2) is 62.0 Å². The second-order valence-corrected chi connectivity index (χ2v) is 11.1. The molecule has 12 heteroatoms. The summed E-state index contributed by atoms with van der Waals surface area (Å²) in [7, 11) is -4.08. The molecule has 0 amide bonds. The molecule has 214 valence electrons. The first-order chi connectivity index (χ1) is 19.0. The van der Waals surface area contributed by atoms with Gasteiger partial charge in [0.1, 0.15) is 18.8 Å². The second-order valence-electron chi connectivity index (χ2n) is 9.27. The molecule has 1 aliphatic heterocycles. The van der Waals surface area contributed by atoms with E-state index in [4.69, 9.17) is 23.7 Å². The van der Waals surface area contributed by atoms with Gasteiger partial charge < -0.3 is 23.7 Å². The maximum absolute atomic E-state index is 13.8. The fourth-order valence-electron chi connectivity index (χ4n) is 4.92. The quantitative estimate of drug-likeness (QED) is 0.277. The smallest absolute Gasteiger partial charge is 0.303 e. The monoisotopic (exact) mass is 573 g/mol. The molecular weight excluding hydrogens is 542 g/mol. The summed E-state index contributed by atoms with van der Waals surface area (Å²) in [5.74, 6) is -1.90. The van der Waals surface area contributed by atoms with Gasteiger partial charge in [0.05, 0.1) is 10.4 Å². The third-order valence-corrected chi connectivity index (χ3v) is 8.13. The molecule has 2 heterocycles. The van der Waals surface area contributed by atoms with Gasteiger partial charge in [-0.25, -0.2) is 12.4 Å². The summed E-state index contributed by atoms with van der Waals surface area (Å²) in [5.41, 5.74) is -1.14. The number of rotatable bonds is 9. The highest BCUT2D eigenvalue weighted by Crippen LogP contribution is 2.46. The highest BCUT2D eigenvalue weighted by molar-refractivity contribution is 7.90. The molecule has 1 aliphatic rings. The summed E-state index contributed by atoms with van der Waals surface area (Å²) >= 11 is 0. The molecule has 11 nitrogen and oxygen atoms in total. The molecule has 3 aromatic rings. The first-order valence-electron chi connectivity index (χ1n) is 12.7. The highest BCUT2D eigenvalue weighted by Gasteiger charge is 2.56. The Morgan fingerprint density at radius 1 is 0.975 bits per heavy atom. The Morgan fingerprint density at radius 3 is 2.27 bits per heavy atom. The molecule has 0 radical (unpaired) electrons. The molecule has 1 saturated heterocycles. The first-order valence-corrected chi connectivity index (χ1v) is 14.1. The van der Waals surface area contributed by atoms with E-state index in [0.29, 0.717) is 10.9 Å². The lowest BCUT2D eigenvalue weighted by Crippen LogP contribution is -2.58. The molecule has 0 N–H and O–H groups in total. The van der Waals surface area contributed by atoms with E-state index in [1.807, 2.05) is 0 Å². The van der Waals surface area contributed by atoms with Crippen molar-refractivity contribution in [3.63, 3.8) is 0 Å². The van der Waals surface area contributed by atoms with Crippen molar-refractivity contribution in [2.24, 2.45) is 0 Å². The molecule has 2 aromatic carbocycles. The predicted molar refractivity (Wildman–Crippen MR) is 141 cm³/mol. The van der Waals surface area contributed by atoms with Crippen molar-refractivity contribution in [3.05, 3.63) is 66.4 Å². The van der Waals surface area contributed by atoms with E-state index in [1.54, 1.807) is 49.4 Å². The summed E-state index contributed by atoms with van der Waals surface area (Å²) in [6, 6.07) is 14.6. The van der Waals surface area contributed by atoms with Crippen LogP contribution >= 0.6 is 0 Å². The van der Waals surface area contributed by atoms with Gasteiger partial charge in [-0.3, -0.25) is 14.4 Å². The Hall–Kier alpha value is -3.74. The molecule has 0 aliphatic carbocycles. The maximum atomic E-state index is 13.8. The summed E-state index contributed by atoms with van der Waals surface area (Å²) in [6.45, 7) is 5.24. The average molecular weight is 574 g/mol. The lowest BCUT2D eigenvalue weighted by atomic mass is 9.82. The van der Waals surface area contributed by atoms with Crippen LogP contribution in [0.5, 0.6) is 0 Å². The van der Waals surface area contributed by atoms with E-state index in [0.717, 1.165) is 3.97 Å². The number of fused-ring (bicyclic) bond motifs is 1. The molecule has 0 unspecified atom stereocenters. The molecule has 0 spiro atoms. The van der Waals surface area contributed by atoms with Gasteiger partial charge in [-0.05, 0) is 25.1 Å². The van der Waals surface area contributed by atoms with Crippen molar-refractivity contribution < 1.29 is 46.5 Å². The minimum Gasteiger partial charge on any atom is -0.463 e. The highest BCUT2D eigenvalue weighted by atomic mass is 32.2. The van der Waals surface area contributed by atoms with Crippen molar-refractivity contribution in [1.82, 2.24) is 3.97 Å². The molecule has 1 aromatic heterocycles. The fourth-order valence-corrected chi connectivity index (χ4v) is 6.31. The number of hydrogen-bond acceptors (Lipinski definition) is 10. The van der Waals surface area contributed by atoms with Crippen LogP contribution in [0.15, 0.2) is 65.7 Å². The van der Waals surface area contributed by atoms with Gasteiger partial charge in [0.25, 0.3) is 10.0 Å². The zero-order valence-electron chi connectivity index (χ0n) is 22.6. The van der Waals surface area contributed by atoms with Crippen molar-refractivity contribution in [2.45, 2.75) is 63.1 Å². The van der Waals surface area contributed by atoms with E-state index in [2.05, 4.69) is 0 Å². The van der Waals surface area contributed by atoms with Crippen LogP contribution in [0.2, 0.25) is 0 Å². The van der Waals surface area contributed by atoms with Crippen molar-refractivity contribution in [3.8, 4) is 0 Å². The van der Waals surface area contributed by atoms with Crippen LogP contribution in [0.4, 0.5) is 0 Å². The fraction of sp³-hybridized carbons (Fsp3) is 0.393. The summed E-state index contributed by atoms with van der Waals surface area (Å²) in [5, 5.41) is 0.455. The van der Waals surface area contributed by atoms with Crippen LogP contribution in [0.25, 0.3) is 10.9 Å². The number of carbonyl (C=O) groups excluding carboxylic acids is 3. The number of carbonyl (C=O) groups is 3. The van der Waals surface area contributed by atoms with Crippen LogP contribution < -0.4 is 0 Å². The lowest BCUT2D eigenvalue weighted by Gasteiger charge is -2.47. The summed E-state index contributed by atoms with van der Waals surface area (Å²) in [4.78, 5) is 36.3. The zero-order valence-corrected chi connectivity index (χ0v) is 23.4. The third kappa shape index (κ3) is 5.74. The van der Waals surface area contributed by atoms with E-state index >= 15 is 0 Å². The van der Waals surface area contributed by atoms with E-state index in [1.165, 1.54) is 39.1 Å². The summed E-state index contributed by atoms with van der Waals surface area (Å²) < 4.78 is 57.4. The molecule has 4 atom stereocenters. The normalized spacial score (nSPS) is 22.9. The molecule has 0 bridgehead atoms. The van der Waals surface area contributed by atoms with Gasteiger partial charge in [0.15, 0.2) is 5.60 Å². The Bertz CT molecular complexity index is 1500. The third-order valence-electron chi connectivity index (χ3n) is 6.44. The SMILES string of the molecule is CCO[C@@H]1O[C@H](COC(C)=O)[C@@H](OC(C)=O)C[C@]1(OC(C)=O)c1cn(S(=O)(=O)c2ccccc2)c2ccccc12.